The number of amides is 1. The molecule has 0 N–H and O–H groups in total. The van der Waals surface area contributed by atoms with Crippen LogP contribution in [0.1, 0.15) is 13.3 Å². The predicted molar refractivity (Wildman–Crippen MR) is 60.9 cm³/mol. The molecule has 0 aliphatic carbocycles. The minimum absolute atomic E-state index is 0.125. The van der Waals surface area contributed by atoms with E-state index < -0.39 is 0 Å². The first-order valence-electron chi connectivity index (χ1n) is 5.36. The molecule has 86 valence electrons. The van der Waals surface area contributed by atoms with Gasteiger partial charge in [-0.15, -0.1) is 0 Å². The van der Waals surface area contributed by atoms with Crippen molar-refractivity contribution in [1.82, 2.24) is 0 Å². The molecule has 1 aromatic rings. The van der Waals surface area contributed by atoms with Crippen LogP contribution in [0.5, 0.6) is 5.75 Å². The van der Waals surface area contributed by atoms with Crippen LogP contribution in [0.2, 0.25) is 0 Å². The molecule has 0 spiro atoms. The van der Waals surface area contributed by atoms with Crippen molar-refractivity contribution in [1.29, 1.82) is 0 Å². The van der Waals surface area contributed by atoms with Crippen LogP contribution in [-0.2, 0) is 4.74 Å². The molecule has 1 saturated heterocycles. The van der Waals surface area contributed by atoms with Crippen LogP contribution in [0, 0.1) is 0 Å². The number of methoxy groups -OCH3 is 1. The van der Waals surface area contributed by atoms with Crippen molar-refractivity contribution in [3.05, 3.63) is 24.3 Å². The molecule has 4 heteroatoms. The molecule has 1 fully saturated rings. The number of nitrogens with zero attached hydrogens (tertiary/aromatic N) is 1. The van der Waals surface area contributed by atoms with Crippen molar-refractivity contribution in [2.45, 2.75) is 19.4 Å². The van der Waals surface area contributed by atoms with Crippen LogP contribution in [0.15, 0.2) is 24.3 Å². The maximum Gasteiger partial charge on any atom is 0.414 e. The first-order chi connectivity index (χ1) is 7.76. The highest BCUT2D eigenvalue weighted by Crippen LogP contribution is 2.27. The van der Waals surface area contributed by atoms with Gasteiger partial charge in [-0.2, -0.15) is 0 Å². The lowest BCUT2D eigenvalue weighted by Crippen LogP contribution is -2.32. The zero-order valence-electron chi connectivity index (χ0n) is 9.47. The second-order valence-electron chi connectivity index (χ2n) is 3.71. The summed E-state index contributed by atoms with van der Waals surface area (Å²) in [6.07, 6.45) is 0.600. The van der Waals surface area contributed by atoms with Gasteiger partial charge in [0.25, 0.3) is 0 Å². The van der Waals surface area contributed by atoms with Crippen LogP contribution >= 0.6 is 0 Å². The molecule has 2 rings (SSSR count). The van der Waals surface area contributed by atoms with Crippen molar-refractivity contribution in [3.8, 4) is 5.75 Å². The molecule has 0 radical (unpaired) electrons. The average Bonchev–Trinajstić information content (AvgIpc) is 2.70. The summed E-state index contributed by atoms with van der Waals surface area (Å²) < 4.78 is 10.2. The third-order valence-corrected chi connectivity index (χ3v) is 2.76. The van der Waals surface area contributed by atoms with Gasteiger partial charge >= 0.3 is 6.09 Å². The van der Waals surface area contributed by atoms with E-state index in [2.05, 4.69) is 0 Å². The van der Waals surface area contributed by atoms with E-state index in [-0.39, 0.29) is 12.1 Å². The van der Waals surface area contributed by atoms with Crippen LogP contribution in [0.4, 0.5) is 10.5 Å². The Kier molecular flexibility index (Phi) is 2.99. The van der Waals surface area contributed by atoms with E-state index >= 15 is 0 Å². The van der Waals surface area contributed by atoms with Gasteiger partial charge in [-0.05, 0) is 18.6 Å². The summed E-state index contributed by atoms with van der Waals surface area (Å²) in [4.78, 5) is 13.3. The number of rotatable bonds is 3. The van der Waals surface area contributed by atoms with Gasteiger partial charge < -0.3 is 9.47 Å². The fourth-order valence-corrected chi connectivity index (χ4v) is 1.84. The van der Waals surface area contributed by atoms with Gasteiger partial charge in [-0.1, -0.05) is 13.0 Å². The molecular formula is C12H15NO3. The van der Waals surface area contributed by atoms with Crippen molar-refractivity contribution in [2.75, 3.05) is 18.6 Å². The van der Waals surface area contributed by atoms with Crippen molar-refractivity contribution in [3.63, 3.8) is 0 Å². The number of anilines is 1. The lowest BCUT2D eigenvalue weighted by atomic mass is 10.2. The van der Waals surface area contributed by atoms with E-state index in [1.165, 1.54) is 0 Å². The molecular weight excluding hydrogens is 206 g/mol. The number of hydrogen-bond donors (Lipinski definition) is 0. The van der Waals surface area contributed by atoms with Crippen LogP contribution in [-0.4, -0.2) is 25.9 Å². The normalized spacial score (nSPS) is 19.8. The summed E-state index contributed by atoms with van der Waals surface area (Å²) in [5.74, 6) is 0.743. The van der Waals surface area contributed by atoms with Crippen LogP contribution in [0.25, 0.3) is 0 Å². The summed E-state index contributed by atoms with van der Waals surface area (Å²) in [5, 5.41) is 0. The van der Waals surface area contributed by atoms with E-state index in [9.17, 15) is 4.79 Å². The Bertz CT molecular complexity index is 392. The van der Waals surface area contributed by atoms with Gasteiger partial charge in [0.15, 0.2) is 0 Å². The average molecular weight is 221 g/mol. The Balaban J connectivity index is 2.30. The molecule has 1 aromatic carbocycles. The van der Waals surface area contributed by atoms with Crippen molar-refractivity contribution < 1.29 is 14.3 Å². The molecule has 0 unspecified atom stereocenters. The number of cyclic esters (lactones) is 1. The third kappa shape index (κ3) is 1.83. The summed E-state index contributed by atoms with van der Waals surface area (Å²) in [6.45, 7) is 2.51. The van der Waals surface area contributed by atoms with Gasteiger partial charge in [0.05, 0.1) is 18.8 Å². The Labute approximate surface area is 94.8 Å². The standard InChI is InChI=1S/C12H15NO3/c1-3-9-8-16-12(14)13(9)10-5-4-6-11(7-10)15-2/h4-7,9H,3,8H2,1-2H3/t9-/m0/s1. The van der Waals surface area contributed by atoms with Crippen molar-refractivity contribution in [2.24, 2.45) is 0 Å². The number of carbonyl (C=O) groups excluding carboxylic acids is 1. The zero-order valence-corrected chi connectivity index (χ0v) is 9.47. The Morgan fingerprint density at radius 1 is 1.56 bits per heavy atom. The van der Waals surface area contributed by atoms with Gasteiger partial charge in [0, 0.05) is 6.07 Å². The van der Waals surface area contributed by atoms with Gasteiger partial charge in [-0.25, -0.2) is 4.79 Å². The molecule has 1 aliphatic heterocycles. The fourth-order valence-electron chi connectivity index (χ4n) is 1.84. The van der Waals surface area contributed by atoms with E-state index in [4.69, 9.17) is 9.47 Å². The third-order valence-electron chi connectivity index (χ3n) is 2.76. The molecule has 1 atom stereocenters. The molecule has 1 heterocycles. The summed E-state index contributed by atoms with van der Waals surface area (Å²) in [7, 11) is 1.61. The summed E-state index contributed by atoms with van der Waals surface area (Å²) >= 11 is 0. The van der Waals surface area contributed by atoms with E-state index in [0.29, 0.717) is 6.61 Å². The second kappa shape index (κ2) is 4.43. The molecule has 4 nitrogen and oxygen atoms in total. The molecule has 0 aromatic heterocycles. The largest absolute Gasteiger partial charge is 0.497 e. The maximum absolute atomic E-state index is 11.6. The number of benzene rings is 1. The molecule has 1 aliphatic rings. The number of ether oxygens (including phenoxy) is 2. The highest BCUT2D eigenvalue weighted by Gasteiger charge is 2.32. The Morgan fingerprint density at radius 2 is 2.38 bits per heavy atom. The van der Waals surface area contributed by atoms with Gasteiger partial charge in [-0.3, -0.25) is 4.90 Å². The van der Waals surface area contributed by atoms with E-state index in [0.717, 1.165) is 17.9 Å². The minimum Gasteiger partial charge on any atom is -0.497 e. The smallest absolute Gasteiger partial charge is 0.414 e. The minimum atomic E-state index is -0.278. The Hall–Kier alpha value is -1.71. The fraction of sp³-hybridized carbons (Fsp3) is 0.417. The van der Waals surface area contributed by atoms with Crippen LogP contribution < -0.4 is 9.64 Å². The zero-order chi connectivity index (χ0) is 11.5. The molecule has 0 saturated carbocycles. The topological polar surface area (TPSA) is 38.8 Å². The molecule has 0 bridgehead atoms. The Morgan fingerprint density at radius 3 is 3.06 bits per heavy atom. The first kappa shape index (κ1) is 10.8. The van der Waals surface area contributed by atoms with E-state index in [1.54, 1.807) is 12.0 Å². The quantitative estimate of drug-likeness (QED) is 0.786. The second-order valence-corrected chi connectivity index (χ2v) is 3.71. The SMILES string of the molecule is CC[C@H]1COC(=O)N1c1cccc(OC)c1. The van der Waals surface area contributed by atoms with Gasteiger partial charge in [0.2, 0.25) is 0 Å². The molecule has 1 amide bonds. The highest BCUT2D eigenvalue weighted by atomic mass is 16.6. The monoisotopic (exact) mass is 221 g/mol. The van der Waals surface area contributed by atoms with Crippen molar-refractivity contribution >= 4 is 11.8 Å². The lowest BCUT2D eigenvalue weighted by molar-refractivity contribution is 0.178. The molecule has 16 heavy (non-hydrogen) atoms. The maximum atomic E-state index is 11.6. The highest BCUT2D eigenvalue weighted by molar-refractivity contribution is 5.90. The van der Waals surface area contributed by atoms with Gasteiger partial charge in [0.1, 0.15) is 12.4 Å². The summed E-state index contributed by atoms with van der Waals surface area (Å²) in [5.41, 5.74) is 0.828. The van der Waals surface area contributed by atoms with E-state index in [1.807, 2.05) is 31.2 Å². The number of hydrogen-bond acceptors (Lipinski definition) is 3. The van der Waals surface area contributed by atoms with Crippen LogP contribution in [0.3, 0.4) is 0 Å². The predicted octanol–water partition coefficient (Wildman–Crippen LogP) is 2.43. The summed E-state index contributed by atoms with van der Waals surface area (Å²) in [6, 6.07) is 7.57. The number of carbonyl (C=O) groups is 1. The first-order valence-corrected chi connectivity index (χ1v) is 5.36. The lowest BCUT2D eigenvalue weighted by Gasteiger charge is -2.20.